The molecule has 0 bridgehead atoms. The second kappa shape index (κ2) is 12.6. The Morgan fingerprint density at radius 2 is 1.44 bits per heavy atom. The van der Waals surface area contributed by atoms with Crippen LogP contribution in [-0.4, -0.2) is 37.7 Å². The number of ether oxygens (including phenoxy) is 2. The van der Waals surface area contributed by atoms with Gasteiger partial charge in [-0.05, 0) is 55.5 Å². The maximum absolute atomic E-state index is 12.3. The topological polar surface area (TPSA) is 130 Å². The van der Waals surface area contributed by atoms with Crippen molar-refractivity contribution in [3.63, 3.8) is 0 Å². The largest absolute Gasteiger partial charge is 0.497 e. The van der Waals surface area contributed by atoms with Crippen molar-refractivity contribution in [2.45, 2.75) is 13.3 Å². The summed E-state index contributed by atoms with van der Waals surface area (Å²) in [6.07, 6.45) is -0.0738. The summed E-state index contributed by atoms with van der Waals surface area (Å²) in [4.78, 5) is 36.7. The predicted molar refractivity (Wildman–Crippen MR) is 139 cm³/mol. The van der Waals surface area contributed by atoms with Crippen molar-refractivity contribution >= 4 is 46.2 Å². The molecule has 0 fully saturated rings. The predicted octanol–water partition coefficient (Wildman–Crippen LogP) is 3.91. The second-order valence-corrected chi connectivity index (χ2v) is 7.60. The third-order valence-corrected chi connectivity index (χ3v) is 4.86. The highest BCUT2D eigenvalue weighted by Gasteiger charge is 2.16. The van der Waals surface area contributed by atoms with E-state index < -0.39 is 11.8 Å². The standard InChI is InChI=1S/C26H27N5O5/c1-17(30-31-26(34)25(33)29-22-16-21(35-2)13-14-23(22)36-3)15-24(32)28-20-11-9-19(10-12-20)27-18-7-5-4-6-8-18/h4-14,16,27H,15H2,1-3H3,(H,28,32)(H,29,33)(H,31,34)/b30-17-. The van der Waals surface area contributed by atoms with E-state index in [0.717, 1.165) is 11.4 Å². The molecule has 0 radical (unpaired) electrons. The molecule has 186 valence electrons. The van der Waals surface area contributed by atoms with Crippen LogP contribution in [-0.2, 0) is 14.4 Å². The van der Waals surface area contributed by atoms with Gasteiger partial charge in [0.05, 0.1) is 26.3 Å². The molecule has 3 rings (SSSR count). The minimum atomic E-state index is -0.999. The highest BCUT2D eigenvalue weighted by Crippen LogP contribution is 2.28. The van der Waals surface area contributed by atoms with Crippen LogP contribution in [0.25, 0.3) is 0 Å². The van der Waals surface area contributed by atoms with Crippen LogP contribution < -0.4 is 30.8 Å². The molecule has 0 aliphatic heterocycles. The molecule has 0 spiro atoms. The van der Waals surface area contributed by atoms with Crippen LogP contribution in [0.5, 0.6) is 11.5 Å². The average molecular weight is 490 g/mol. The first-order valence-electron chi connectivity index (χ1n) is 11.0. The van der Waals surface area contributed by atoms with Gasteiger partial charge in [0, 0.05) is 28.8 Å². The molecule has 0 aliphatic rings. The highest BCUT2D eigenvalue weighted by molar-refractivity contribution is 6.39. The zero-order chi connectivity index (χ0) is 25.9. The number of nitrogens with zero attached hydrogens (tertiary/aromatic N) is 1. The monoisotopic (exact) mass is 489 g/mol. The molecular weight excluding hydrogens is 462 g/mol. The summed E-state index contributed by atoms with van der Waals surface area (Å²) in [5.74, 6) is -1.43. The molecule has 0 atom stereocenters. The molecule has 3 aromatic carbocycles. The van der Waals surface area contributed by atoms with Gasteiger partial charge in [0.15, 0.2) is 0 Å². The lowest BCUT2D eigenvalue weighted by atomic mass is 10.2. The summed E-state index contributed by atoms with van der Waals surface area (Å²) < 4.78 is 10.3. The molecule has 10 heteroatoms. The number of hydrogen-bond donors (Lipinski definition) is 4. The number of amides is 3. The molecule has 0 saturated heterocycles. The van der Waals surface area contributed by atoms with E-state index in [9.17, 15) is 14.4 Å². The van der Waals surface area contributed by atoms with Crippen LogP contribution in [0.3, 0.4) is 0 Å². The lowest BCUT2D eigenvalue weighted by Gasteiger charge is -2.11. The van der Waals surface area contributed by atoms with Crippen LogP contribution in [0, 0.1) is 0 Å². The number of anilines is 4. The van der Waals surface area contributed by atoms with Gasteiger partial charge >= 0.3 is 11.8 Å². The van der Waals surface area contributed by atoms with Gasteiger partial charge in [-0.2, -0.15) is 5.10 Å². The number of methoxy groups -OCH3 is 2. The van der Waals surface area contributed by atoms with Crippen LogP contribution in [0.4, 0.5) is 22.7 Å². The van der Waals surface area contributed by atoms with Crippen LogP contribution in [0.2, 0.25) is 0 Å². The quantitative estimate of drug-likeness (QED) is 0.205. The second-order valence-electron chi connectivity index (χ2n) is 7.60. The summed E-state index contributed by atoms with van der Waals surface area (Å²) in [6, 6.07) is 21.7. The van der Waals surface area contributed by atoms with Gasteiger partial charge in [0.2, 0.25) is 5.91 Å². The zero-order valence-electron chi connectivity index (χ0n) is 20.1. The SMILES string of the molecule is COc1ccc(OC)c(NC(=O)C(=O)N/N=C(/C)CC(=O)Nc2ccc(Nc3ccccc3)cc2)c1. The van der Waals surface area contributed by atoms with Gasteiger partial charge < -0.3 is 25.4 Å². The van der Waals surface area contributed by atoms with E-state index in [1.165, 1.54) is 20.3 Å². The number of hydrazone groups is 1. The number of rotatable bonds is 9. The van der Waals surface area contributed by atoms with Gasteiger partial charge in [0.25, 0.3) is 0 Å². The lowest BCUT2D eigenvalue weighted by Crippen LogP contribution is -2.33. The van der Waals surface area contributed by atoms with Crippen molar-refractivity contribution < 1.29 is 23.9 Å². The third-order valence-electron chi connectivity index (χ3n) is 4.86. The molecule has 0 aromatic heterocycles. The molecule has 3 amide bonds. The summed E-state index contributed by atoms with van der Waals surface area (Å²) in [7, 11) is 2.91. The Hall–Kier alpha value is -4.86. The summed E-state index contributed by atoms with van der Waals surface area (Å²) in [5.41, 5.74) is 5.18. The van der Waals surface area contributed by atoms with Gasteiger partial charge in [-0.15, -0.1) is 0 Å². The van der Waals surface area contributed by atoms with Crippen LogP contribution in [0.1, 0.15) is 13.3 Å². The van der Waals surface area contributed by atoms with E-state index in [0.29, 0.717) is 22.9 Å². The smallest absolute Gasteiger partial charge is 0.329 e. The van der Waals surface area contributed by atoms with E-state index in [1.807, 2.05) is 42.5 Å². The Morgan fingerprint density at radius 3 is 2.11 bits per heavy atom. The Bertz CT molecular complexity index is 1240. The van der Waals surface area contributed by atoms with Crippen molar-refractivity contribution in [2.75, 3.05) is 30.2 Å². The van der Waals surface area contributed by atoms with E-state index in [4.69, 9.17) is 9.47 Å². The Labute approximate surface area is 208 Å². The Morgan fingerprint density at radius 1 is 0.778 bits per heavy atom. The van der Waals surface area contributed by atoms with Crippen LogP contribution in [0.15, 0.2) is 77.9 Å². The number of para-hydroxylation sites is 1. The Kier molecular flexibility index (Phi) is 8.99. The first-order chi connectivity index (χ1) is 17.4. The third kappa shape index (κ3) is 7.59. The minimum Gasteiger partial charge on any atom is -0.497 e. The molecule has 0 aliphatic carbocycles. The van der Waals surface area contributed by atoms with Crippen LogP contribution >= 0.6 is 0 Å². The van der Waals surface area contributed by atoms with Crippen molar-refractivity contribution in [2.24, 2.45) is 5.10 Å². The minimum absolute atomic E-state index is 0.0738. The van der Waals surface area contributed by atoms with Gasteiger partial charge in [-0.3, -0.25) is 14.4 Å². The van der Waals surface area contributed by atoms with Gasteiger partial charge in [-0.1, -0.05) is 18.2 Å². The normalized spacial score (nSPS) is 10.7. The van der Waals surface area contributed by atoms with Gasteiger partial charge in [0.1, 0.15) is 11.5 Å². The molecular formula is C26H27N5O5. The fraction of sp³-hybridized carbons (Fsp3) is 0.154. The number of carbonyl (C=O) groups is 3. The first-order valence-corrected chi connectivity index (χ1v) is 11.0. The van der Waals surface area contributed by atoms with E-state index >= 15 is 0 Å². The van der Waals surface area contributed by atoms with Crippen molar-refractivity contribution in [1.29, 1.82) is 0 Å². The van der Waals surface area contributed by atoms with E-state index in [-0.39, 0.29) is 18.0 Å². The van der Waals surface area contributed by atoms with Crippen molar-refractivity contribution in [1.82, 2.24) is 5.43 Å². The first kappa shape index (κ1) is 25.8. The lowest BCUT2D eigenvalue weighted by molar-refractivity contribution is -0.136. The van der Waals surface area contributed by atoms with Gasteiger partial charge in [-0.25, -0.2) is 5.43 Å². The maximum Gasteiger partial charge on any atom is 0.329 e. The zero-order valence-corrected chi connectivity index (χ0v) is 20.1. The molecule has 0 heterocycles. The summed E-state index contributed by atoms with van der Waals surface area (Å²) in [6.45, 7) is 1.57. The number of hydrogen-bond acceptors (Lipinski definition) is 7. The summed E-state index contributed by atoms with van der Waals surface area (Å²) in [5, 5.41) is 12.3. The van der Waals surface area contributed by atoms with Crippen molar-refractivity contribution in [3.05, 3.63) is 72.8 Å². The molecule has 0 unspecified atom stereocenters. The fourth-order valence-corrected chi connectivity index (χ4v) is 3.09. The molecule has 0 saturated carbocycles. The molecule has 36 heavy (non-hydrogen) atoms. The number of carbonyl (C=O) groups excluding carboxylic acids is 3. The Balaban J connectivity index is 1.48. The van der Waals surface area contributed by atoms with E-state index in [2.05, 4.69) is 26.5 Å². The van der Waals surface area contributed by atoms with Crippen molar-refractivity contribution in [3.8, 4) is 11.5 Å². The highest BCUT2D eigenvalue weighted by atomic mass is 16.5. The fourth-order valence-electron chi connectivity index (χ4n) is 3.09. The number of nitrogens with one attached hydrogen (secondary N) is 4. The number of benzene rings is 3. The summed E-state index contributed by atoms with van der Waals surface area (Å²) >= 11 is 0. The maximum atomic E-state index is 12.3. The average Bonchev–Trinajstić information content (AvgIpc) is 2.88. The van der Waals surface area contributed by atoms with E-state index in [1.54, 1.807) is 31.2 Å². The molecule has 4 N–H and O–H groups in total. The molecule has 3 aromatic rings. The molecule has 10 nitrogen and oxygen atoms in total.